The van der Waals surface area contributed by atoms with Crippen molar-refractivity contribution in [1.82, 2.24) is 20.2 Å². The SMILES string of the molecule is CCNC(=O)Nc1ccc(-c2nc3c(c(N4CCOCC4CC)n2)CCN(C2CCOCC2)C3)cc1. The van der Waals surface area contributed by atoms with E-state index in [1.807, 2.05) is 31.2 Å². The molecular weight excluding hydrogens is 456 g/mol. The van der Waals surface area contributed by atoms with Crippen molar-refractivity contribution < 1.29 is 14.3 Å². The predicted molar refractivity (Wildman–Crippen MR) is 140 cm³/mol. The van der Waals surface area contributed by atoms with Crippen LogP contribution in [-0.2, 0) is 22.4 Å². The Labute approximate surface area is 213 Å². The van der Waals surface area contributed by atoms with Gasteiger partial charge in [0.15, 0.2) is 5.82 Å². The first-order valence-corrected chi connectivity index (χ1v) is 13.4. The fraction of sp³-hybridized carbons (Fsp3) is 0.593. The smallest absolute Gasteiger partial charge is 0.319 e. The first kappa shape index (κ1) is 24.9. The largest absolute Gasteiger partial charge is 0.381 e. The number of amides is 2. The van der Waals surface area contributed by atoms with E-state index in [1.165, 1.54) is 5.56 Å². The summed E-state index contributed by atoms with van der Waals surface area (Å²) in [4.78, 5) is 27.2. The number of hydrogen-bond donors (Lipinski definition) is 2. The molecule has 1 atom stereocenters. The molecule has 0 spiro atoms. The molecule has 3 aliphatic heterocycles. The van der Waals surface area contributed by atoms with Crippen LogP contribution in [0.4, 0.5) is 16.3 Å². The van der Waals surface area contributed by atoms with Crippen molar-refractivity contribution in [3.8, 4) is 11.4 Å². The number of carbonyl (C=O) groups excluding carboxylic acids is 1. The number of aromatic nitrogens is 2. The zero-order chi connectivity index (χ0) is 24.9. The predicted octanol–water partition coefficient (Wildman–Crippen LogP) is 3.44. The first-order chi connectivity index (χ1) is 17.7. The maximum atomic E-state index is 11.9. The number of rotatable bonds is 6. The molecule has 36 heavy (non-hydrogen) atoms. The molecule has 1 unspecified atom stereocenters. The maximum absolute atomic E-state index is 11.9. The van der Waals surface area contributed by atoms with E-state index in [0.717, 1.165) is 100 Å². The lowest BCUT2D eigenvalue weighted by Crippen LogP contribution is -2.47. The minimum absolute atomic E-state index is 0.205. The van der Waals surface area contributed by atoms with Gasteiger partial charge in [-0.25, -0.2) is 14.8 Å². The number of ether oxygens (including phenoxy) is 2. The minimum atomic E-state index is -0.205. The summed E-state index contributed by atoms with van der Waals surface area (Å²) < 4.78 is 11.4. The van der Waals surface area contributed by atoms with E-state index in [-0.39, 0.29) is 6.03 Å². The molecule has 9 heteroatoms. The van der Waals surface area contributed by atoms with E-state index in [4.69, 9.17) is 19.4 Å². The van der Waals surface area contributed by atoms with Gasteiger partial charge >= 0.3 is 6.03 Å². The number of hydrogen-bond acceptors (Lipinski definition) is 7. The fourth-order valence-electron chi connectivity index (χ4n) is 5.47. The highest BCUT2D eigenvalue weighted by Crippen LogP contribution is 2.33. The molecule has 5 rings (SSSR count). The normalized spacial score (nSPS) is 21.2. The van der Waals surface area contributed by atoms with E-state index in [0.29, 0.717) is 18.6 Å². The van der Waals surface area contributed by atoms with Crippen LogP contribution in [0.2, 0.25) is 0 Å². The first-order valence-electron chi connectivity index (χ1n) is 13.4. The average molecular weight is 495 g/mol. The van der Waals surface area contributed by atoms with Crippen molar-refractivity contribution in [2.24, 2.45) is 0 Å². The zero-order valence-electron chi connectivity index (χ0n) is 21.5. The zero-order valence-corrected chi connectivity index (χ0v) is 21.5. The highest BCUT2D eigenvalue weighted by atomic mass is 16.5. The highest BCUT2D eigenvalue weighted by Gasteiger charge is 2.32. The molecular formula is C27H38N6O3. The van der Waals surface area contributed by atoms with Crippen LogP contribution in [0.3, 0.4) is 0 Å². The Hall–Kier alpha value is -2.75. The molecule has 2 amide bonds. The Morgan fingerprint density at radius 1 is 1.06 bits per heavy atom. The molecule has 0 aliphatic carbocycles. The summed E-state index contributed by atoms with van der Waals surface area (Å²) in [6.07, 6.45) is 4.15. The van der Waals surface area contributed by atoms with Crippen molar-refractivity contribution in [3.05, 3.63) is 35.5 Å². The topological polar surface area (TPSA) is 91.9 Å². The monoisotopic (exact) mass is 494 g/mol. The third-order valence-electron chi connectivity index (χ3n) is 7.49. The van der Waals surface area contributed by atoms with Crippen LogP contribution in [0.5, 0.6) is 0 Å². The third-order valence-corrected chi connectivity index (χ3v) is 7.49. The van der Waals surface area contributed by atoms with Crippen molar-refractivity contribution in [2.75, 3.05) is 56.3 Å². The van der Waals surface area contributed by atoms with Gasteiger partial charge in [0.05, 0.1) is 24.9 Å². The number of fused-ring (bicyclic) bond motifs is 1. The summed E-state index contributed by atoms with van der Waals surface area (Å²) >= 11 is 0. The quantitative estimate of drug-likeness (QED) is 0.636. The number of nitrogens with one attached hydrogen (secondary N) is 2. The average Bonchev–Trinajstić information content (AvgIpc) is 2.93. The van der Waals surface area contributed by atoms with Crippen molar-refractivity contribution >= 4 is 17.5 Å². The molecule has 2 fully saturated rings. The lowest BCUT2D eigenvalue weighted by Gasteiger charge is -2.41. The van der Waals surface area contributed by atoms with Crippen LogP contribution in [0.15, 0.2) is 24.3 Å². The second-order valence-electron chi connectivity index (χ2n) is 9.75. The van der Waals surface area contributed by atoms with Gasteiger partial charge in [-0.2, -0.15) is 0 Å². The molecule has 0 saturated carbocycles. The van der Waals surface area contributed by atoms with E-state index < -0.39 is 0 Å². The summed E-state index contributed by atoms with van der Waals surface area (Å²) in [7, 11) is 0. The Balaban J connectivity index is 1.47. The van der Waals surface area contributed by atoms with Gasteiger partial charge in [0.25, 0.3) is 0 Å². The van der Waals surface area contributed by atoms with Crippen LogP contribution in [0, 0.1) is 0 Å². The number of benzene rings is 1. The standard InChI is InChI=1S/C27H38N6O3/c1-3-21-18-36-16-13-33(21)26-23-9-12-32(22-10-14-35-15-11-22)17-24(23)30-25(31-26)19-5-7-20(8-6-19)29-27(34)28-4-2/h5-8,21-22H,3-4,9-18H2,1-2H3,(H2,28,29,34). The lowest BCUT2D eigenvalue weighted by atomic mass is 9.98. The van der Waals surface area contributed by atoms with E-state index in [9.17, 15) is 4.79 Å². The van der Waals surface area contributed by atoms with Gasteiger partial charge in [-0.15, -0.1) is 0 Å². The molecule has 194 valence electrons. The summed E-state index contributed by atoms with van der Waals surface area (Å²) in [6, 6.07) is 8.47. The van der Waals surface area contributed by atoms with Crippen LogP contribution in [0.25, 0.3) is 11.4 Å². The van der Waals surface area contributed by atoms with Crippen LogP contribution < -0.4 is 15.5 Å². The van der Waals surface area contributed by atoms with Crippen LogP contribution in [-0.4, -0.2) is 79.0 Å². The maximum Gasteiger partial charge on any atom is 0.319 e. The number of carbonyl (C=O) groups is 1. The molecule has 2 N–H and O–H groups in total. The molecule has 0 bridgehead atoms. The van der Waals surface area contributed by atoms with Gasteiger partial charge < -0.3 is 25.0 Å². The highest BCUT2D eigenvalue weighted by molar-refractivity contribution is 5.89. The Morgan fingerprint density at radius 3 is 2.61 bits per heavy atom. The van der Waals surface area contributed by atoms with E-state index >= 15 is 0 Å². The minimum Gasteiger partial charge on any atom is -0.381 e. The van der Waals surface area contributed by atoms with E-state index in [2.05, 4.69) is 27.4 Å². The molecule has 1 aromatic carbocycles. The van der Waals surface area contributed by atoms with Crippen molar-refractivity contribution in [1.29, 1.82) is 0 Å². The van der Waals surface area contributed by atoms with Crippen LogP contribution in [0.1, 0.15) is 44.4 Å². The number of anilines is 2. The fourth-order valence-corrected chi connectivity index (χ4v) is 5.47. The van der Waals surface area contributed by atoms with Crippen molar-refractivity contribution in [2.45, 2.75) is 58.2 Å². The lowest BCUT2D eigenvalue weighted by molar-refractivity contribution is 0.0284. The Bertz CT molecular complexity index is 1040. The number of morpholine rings is 1. The van der Waals surface area contributed by atoms with Gasteiger partial charge in [-0.1, -0.05) is 6.92 Å². The summed E-state index contributed by atoms with van der Waals surface area (Å²) in [5.74, 6) is 1.81. The van der Waals surface area contributed by atoms with Gasteiger partial charge in [0, 0.05) is 62.2 Å². The third kappa shape index (κ3) is 5.48. The van der Waals surface area contributed by atoms with Crippen LogP contribution >= 0.6 is 0 Å². The molecule has 3 aliphatic rings. The molecule has 2 saturated heterocycles. The molecule has 9 nitrogen and oxygen atoms in total. The second-order valence-corrected chi connectivity index (χ2v) is 9.75. The van der Waals surface area contributed by atoms with Gasteiger partial charge in [0.2, 0.25) is 0 Å². The number of urea groups is 1. The molecule has 2 aromatic rings. The molecule has 4 heterocycles. The Kier molecular flexibility index (Phi) is 7.99. The van der Waals surface area contributed by atoms with Crippen molar-refractivity contribution in [3.63, 3.8) is 0 Å². The van der Waals surface area contributed by atoms with Gasteiger partial charge in [-0.3, -0.25) is 4.90 Å². The van der Waals surface area contributed by atoms with Gasteiger partial charge in [-0.05, 0) is 56.9 Å². The van der Waals surface area contributed by atoms with Gasteiger partial charge in [0.1, 0.15) is 5.82 Å². The summed E-state index contributed by atoms with van der Waals surface area (Å²) in [6.45, 7) is 10.6. The second kappa shape index (κ2) is 11.5. The molecule has 1 aromatic heterocycles. The summed E-state index contributed by atoms with van der Waals surface area (Å²) in [5.41, 5.74) is 4.12. The van der Waals surface area contributed by atoms with E-state index in [1.54, 1.807) is 0 Å². The summed E-state index contributed by atoms with van der Waals surface area (Å²) in [5, 5.41) is 5.62. The number of nitrogens with zero attached hydrogens (tertiary/aromatic N) is 4. The molecule has 0 radical (unpaired) electrons. The Morgan fingerprint density at radius 2 is 1.86 bits per heavy atom.